The average molecular weight is 475 g/mol. The molecule has 0 radical (unpaired) electrons. The number of methoxy groups -OCH3 is 3. The van der Waals surface area contributed by atoms with E-state index in [4.69, 9.17) is 33.2 Å². The molecule has 8 heteroatoms. The summed E-state index contributed by atoms with van der Waals surface area (Å²) in [5, 5.41) is 10.5. The Morgan fingerprint density at radius 1 is 0.794 bits per heavy atom. The Kier molecular flexibility index (Phi) is 13.5. The lowest BCUT2D eigenvalue weighted by Crippen LogP contribution is -2.10. The molecule has 0 bridgehead atoms. The fraction of sp³-hybridized carbons (Fsp3) is 0.462. The van der Waals surface area contributed by atoms with Crippen molar-refractivity contribution in [2.45, 2.75) is 18.9 Å². The third-order valence-electron chi connectivity index (χ3n) is 4.68. The minimum Gasteiger partial charge on any atom is -0.493 e. The van der Waals surface area contributed by atoms with E-state index in [1.165, 1.54) is 0 Å². The largest absolute Gasteiger partial charge is 0.493 e. The summed E-state index contributed by atoms with van der Waals surface area (Å²) in [4.78, 5) is 0. The second-order valence-electron chi connectivity index (χ2n) is 7.09. The number of hydrogen-bond donors (Lipinski definition) is 1. The van der Waals surface area contributed by atoms with Gasteiger partial charge in [0.15, 0.2) is 25.1 Å². The fourth-order valence-electron chi connectivity index (χ4n) is 2.91. The number of hydrogen-bond acceptors (Lipinski definition) is 8. The molecule has 1 atom stereocenters. The van der Waals surface area contributed by atoms with Crippen LogP contribution in [0.15, 0.2) is 42.5 Å². The number of aliphatic hydroxyl groups excluding tert-OH is 1. The van der Waals surface area contributed by atoms with Crippen LogP contribution in [0.5, 0.6) is 17.2 Å². The van der Waals surface area contributed by atoms with Crippen molar-refractivity contribution in [3.8, 4) is 29.1 Å². The molecule has 0 saturated carbocycles. The molecule has 0 aliphatic carbocycles. The van der Waals surface area contributed by atoms with Gasteiger partial charge in [0.1, 0.15) is 11.9 Å². The lowest BCUT2D eigenvalue weighted by atomic mass is 10.0. The maximum absolute atomic E-state index is 10.5. The van der Waals surface area contributed by atoms with E-state index in [1.54, 1.807) is 21.3 Å². The van der Waals surface area contributed by atoms with Crippen molar-refractivity contribution in [3.63, 3.8) is 0 Å². The van der Waals surface area contributed by atoms with E-state index in [0.717, 1.165) is 5.56 Å². The highest BCUT2D eigenvalue weighted by atomic mass is 16.7. The smallest absolute Gasteiger partial charge is 0.189 e. The van der Waals surface area contributed by atoms with Gasteiger partial charge in [-0.05, 0) is 36.6 Å². The molecule has 0 amide bonds. The highest BCUT2D eigenvalue weighted by Crippen LogP contribution is 2.32. The molecule has 0 saturated heterocycles. The molecular weight excluding hydrogens is 440 g/mol. The van der Waals surface area contributed by atoms with Crippen LogP contribution in [0.1, 0.15) is 17.5 Å². The first-order valence-corrected chi connectivity index (χ1v) is 11.0. The van der Waals surface area contributed by atoms with Crippen LogP contribution < -0.4 is 14.2 Å². The van der Waals surface area contributed by atoms with E-state index < -0.39 is 6.10 Å². The summed E-state index contributed by atoms with van der Waals surface area (Å²) in [5.74, 6) is 7.68. The van der Waals surface area contributed by atoms with Gasteiger partial charge >= 0.3 is 0 Å². The summed E-state index contributed by atoms with van der Waals surface area (Å²) in [7, 11) is 4.81. The fourth-order valence-corrected chi connectivity index (χ4v) is 2.91. The van der Waals surface area contributed by atoms with Gasteiger partial charge in [-0.25, -0.2) is 0 Å². The zero-order valence-electron chi connectivity index (χ0n) is 20.1. The molecule has 1 unspecified atom stereocenters. The van der Waals surface area contributed by atoms with E-state index in [1.807, 2.05) is 42.5 Å². The van der Waals surface area contributed by atoms with E-state index >= 15 is 0 Å². The zero-order chi connectivity index (χ0) is 24.4. The van der Waals surface area contributed by atoms with E-state index in [9.17, 15) is 5.11 Å². The Balaban J connectivity index is 1.94. The van der Waals surface area contributed by atoms with Gasteiger partial charge in [-0.3, -0.25) is 0 Å². The second-order valence-corrected chi connectivity index (χ2v) is 7.09. The van der Waals surface area contributed by atoms with Gasteiger partial charge in [-0.1, -0.05) is 36.1 Å². The summed E-state index contributed by atoms with van der Waals surface area (Å²) in [6.45, 7) is 2.03. The van der Waals surface area contributed by atoms with Gasteiger partial charge in [0, 0.05) is 14.2 Å². The van der Waals surface area contributed by atoms with Gasteiger partial charge in [-0.2, -0.15) is 0 Å². The first-order chi connectivity index (χ1) is 16.7. The monoisotopic (exact) mass is 474 g/mol. The molecule has 34 heavy (non-hydrogen) atoms. The highest BCUT2D eigenvalue weighted by Gasteiger charge is 2.12. The minimum atomic E-state index is -0.831. The van der Waals surface area contributed by atoms with Crippen molar-refractivity contribution in [1.82, 2.24) is 0 Å². The molecule has 186 valence electrons. The maximum atomic E-state index is 10.5. The standard InChI is InChI=1S/C26H34O8/c1-28-15-17-31-19-33-24-9-5-4-7-21(24)11-13-23(27)14-12-22-8-6-10-25(30-3)26(22)34-20-32-18-16-29-2/h4-10,23,27H,12,14-20H2,1-3H3. The molecule has 0 aliphatic rings. The Bertz CT molecular complexity index is 890. The molecule has 2 rings (SSSR count). The number of rotatable bonds is 16. The highest BCUT2D eigenvalue weighted by molar-refractivity contribution is 5.47. The van der Waals surface area contributed by atoms with Gasteiger partial charge in [0.25, 0.3) is 0 Å². The van der Waals surface area contributed by atoms with Crippen molar-refractivity contribution in [2.75, 3.05) is 61.3 Å². The van der Waals surface area contributed by atoms with Gasteiger partial charge < -0.3 is 38.3 Å². The van der Waals surface area contributed by atoms with Crippen LogP contribution in [0.2, 0.25) is 0 Å². The predicted molar refractivity (Wildman–Crippen MR) is 127 cm³/mol. The predicted octanol–water partition coefficient (Wildman–Crippen LogP) is 3.04. The van der Waals surface area contributed by atoms with Crippen LogP contribution in [-0.4, -0.2) is 72.6 Å². The molecule has 2 aromatic carbocycles. The van der Waals surface area contributed by atoms with E-state index in [2.05, 4.69) is 11.8 Å². The van der Waals surface area contributed by atoms with Crippen LogP contribution in [0.3, 0.4) is 0 Å². The van der Waals surface area contributed by atoms with Gasteiger partial charge in [0.05, 0.1) is 39.1 Å². The molecule has 1 N–H and O–H groups in total. The quantitative estimate of drug-likeness (QED) is 0.226. The number of ether oxygens (including phenoxy) is 7. The topological polar surface area (TPSA) is 84.8 Å². The Morgan fingerprint density at radius 3 is 2.18 bits per heavy atom. The molecule has 0 spiro atoms. The maximum Gasteiger partial charge on any atom is 0.189 e. The zero-order valence-corrected chi connectivity index (χ0v) is 20.1. The van der Waals surface area contributed by atoms with Crippen LogP contribution in [-0.2, 0) is 25.4 Å². The third-order valence-corrected chi connectivity index (χ3v) is 4.68. The van der Waals surface area contributed by atoms with Crippen molar-refractivity contribution in [2.24, 2.45) is 0 Å². The first-order valence-electron chi connectivity index (χ1n) is 11.0. The minimum absolute atomic E-state index is 0.0745. The van der Waals surface area contributed by atoms with Crippen LogP contribution in [0, 0.1) is 11.8 Å². The third kappa shape index (κ3) is 10.00. The van der Waals surface area contributed by atoms with Gasteiger partial charge in [-0.15, -0.1) is 0 Å². The lowest BCUT2D eigenvalue weighted by Gasteiger charge is -2.15. The molecule has 0 aromatic heterocycles. The summed E-state index contributed by atoms with van der Waals surface area (Å²) < 4.78 is 37.5. The molecule has 8 nitrogen and oxygen atoms in total. The lowest BCUT2D eigenvalue weighted by molar-refractivity contribution is -0.00990. The van der Waals surface area contributed by atoms with Crippen molar-refractivity contribution >= 4 is 0 Å². The number of para-hydroxylation sites is 2. The van der Waals surface area contributed by atoms with Crippen LogP contribution in [0.25, 0.3) is 0 Å². The van der Waals surface area contributed by atoms with E-state index in [-0.39, 0.29) is 13.6 Å². The number of aliphatic hydroxyl groups is 1. The summed E-state index contributed by atoms with van der Waals surface area (Å²) in [6, 6.07) is 13.0. The van der Waals surface area contributed by atoms with Crippen molar-refractivity contribution < 1.29 is 38.3 Å². The summed E-state index contributed by atoms with van der Waals surface area (Å²) in [6.07, 6.45) is 0.138. The second kappa shape index (κ2) is 16.8. The molecule has 0 aliphatic heterocycles. The first kappa shape index (κ1) is 27.4. The summed E-state index contributed by atoms with van der Waals surface area (Å²) >= 11 is 0. The molecule has 2 aromatic rings. The molecule has 0 fully saturated rings. The SMILES string of the molecule is COCCOCOc1ccccc1C#CC(O)CCc1cccc(OC)c1OCOCCOC. The Morgan fingerprint density at radius 2 is 1.47 bits per heavy atom. The van der Waals surface area contributed by atoms with Crippen LogP contribution >= 0.6 is 0 Å². The van der Waals surface area contributed by atoms with Crippen molar-refractivity contribution in [1.29, 1.82) is 0 Å². The van der Waals surface area contributed by atoms with Crippen LogP contribution in [0.4, 0.5) is 0 Å². The average Bonchev–Trinajstić information content (AvgIpc) is 2.86. The Labute approximate surface area is 201 Å². The van der Waals surface area contributed by atoms with Crippen molar-refractivity contribution in [3.05, 3.63) is 53.6 Å². The Hall–Kier alpha value is -2.80. The normalized spacial score (nSPS) is 11.4. The summed E-state index contributed by atoms with van der Waals surface area (Å²) in [5.41, 5.74) is 1.57. The molecular formula is C26H34O8. The number of aryl methyl sites for hydroxylation is 1. The van der Waals surface area contributed by atoms with E-state index in [0.29, 0.717) is 62.1 Å². The number of benzene rings is 2. The molecule has 0 heterocycles. The van der Waals surface area contributed by atoms with Gasteiger partial charge in [0.2, 0.25) is 0 Å².